The molecule has 0 unspecified atom stereocenters. The molecular formula is C32H45FN2O3S. The highest BCUT2D eigenvalue weighted by atomic mass is 32.2. The summed E-state index contributed by atoms with van der Waals surface area (Å²) < 4.78 is 25.9. The lowest BCUT2D eigenvalue weighted by molar-refractivity contribution is -0.118. The number of carbonyl (C=O) groups is 1. The molecule has 0 aliphatic carbocycles. The van der Waals surface area contributed by atoms with Gasteiger partial charge in [-0.3, -0.25) is 4.79 Å². The topological polar surface area (TPSA) is 50.8 Å². The monoisotopic (exact) mass is 556 g/mol. The quantitative estimate of drug-likeness (QED) is 0.165. The summed E-state index contributed by atoms with van der Waals surface area (Å²) in [4.78, 5) is 14.8. The molecule has 7 heteroatoms. The molecule has 0 bridgehead atoms. The van der Waals surface area contributed by atoms with Crippen molar-refractivity contribution in [3.63, 3.8) is 0 Å². The van der Waals surface area contributed by atoms with Crippen molar-refractivity contribution in [2.75, 3.05) is 24.4 Å². The summed E-state index contributed by atoms with van der Waals surface area (Å²) in [6, 6.07) is 12.3. The second kappa shape index (κ2) is 18.6. The Labute approximate surface area is 238 Å². The number of carbonyl (C=O) groups excluding carboxylic acids is 1. The number of hydrogen-bond acceptors (Lipinski definition) is 5. The number of anilines is 1. The van der Waals surface area contributed by atoms with E-state index in [1.165, 1.54) is 70.3 Å². The van der Waals surface area contributed by atoms with E-state index < -0.39 is 5.82 Å². The zero-order chi connectivity index (χ0) is 27.5. The summed E-state index contributed by atoms with van der Waals surface area (Å²) in [6.45, 7) is 3.16. The molecule has 1 N–H and O–H groups in total. The third kappa shape index (κ3) is 11.9. The van der Waals surface area contributed by atoms with Gasteiger partial charge in [0.1, 0.15) is 0 Å². The molecule has 214 valence electrons. The summed E-state index contributed by atoms with van der Waals surface area (Å²) in [5.74, 6) is 0.440. The third-order valence-electron chi connectivity index (χ3n) is 6.81. The molecule has 1 heterocycles. The van der Waals surface area contributed by atoms with E-state index in [4.69, 9.17) is 9.47 Å². The Morgan fingerprint density at radius 3 is 2.28 bits per heavy atom. The van der Waals surface area contributed by atoms with E-state index in [1.807, 2.05) is 24.3 Å². The molecule has 0 saturated heterocycles. The van der Waals surface area contributed by atoms with Gasteiger partial charge < -0.3 is 19.7 Å². The maximum absolute atomic E-state index is 14.5. The fourth-order valence-electron chi connectivity index (χ4n) is 4.60. The zero-order valence-corrected chi connectivity index (χ0v) is 24.3. The van der Waals surface area contributed by atoms with Crippen LogP contribution in [0.4, 0.5) is 10.1 Å². The van der Waals surface area contributed by atoms with Gasteiger partial charge in [-0.2, -0.15) is 0 Å². The van der Waals surface area contributed by atoms with Gasteiger partial charge in [0.2, 0.25) is 0 Å². The maximum Gasteiger partial charge on any atom is 0.262 e. The van der Waals surface area contributed by atoms with Gasteiger partial charge in [0.15, 0.2) is 23.9 Å². The minimum absolute atomic E-state index is 0.0760. The van der Waals surface area contributed by atoms with Crippen LogP contribution in [-0.4, -0.2) is 29.9 Å². The summed E-state index contributed by atoms with van der Waals surface area (Å²) in [7, 11) is 0. The van der Waals surface area contributed by atoms with Crippen LogP contribution in [0.25, 0.3) is 0 Å². The summed E-state index contributed by atoms with van der Waals surface area (Å²) in [5, 5.41) is 4.99. The number of hydrogen-bond donors (Lipinski definition) is 1. The molecular weight excluding hydrogens is 511 g/mol. The van der Waals surface area contributed by atoms with Gasteiger partial charge in [-0.25, -0.2) is 4.39 Å². The minimum atomic E-state index is -0.478. The zero-order valence-electron chi connectivity index (χ0n) is 23.5. The molecule has 2 aromatic rings. The average Bonchev–Trinajstić information content (AvgIpc) is 3.45. The lowest BCUT2D eigenvalue weighted by Gasteiger charge is -2.18. The van der Waals surface area contributed by atoms with Crippen LogP contribution in [-0.2, 0) is 11.3 Å². The predicted octanol–water partition coefficient (Wildman–Crippen LogP) is 8.90. The lowest BCUT2D eigenvalue weighted by Crippen LogP contribution is -2.22. The van der Waals surface area contributed by atoms with Crippen LogP contribution in [0.5, 0.6) is 11.5 Å². The number of thioether (sulfide) groups is 1. The van der Waals surface area contributed by atoms with E-state index in [0.717, 1.165) is 30.0 Å². The first kappa shape index (κ1) is 30.9. The first-order chi connectivity index (χ1) is 19.2. The number of halogens is 1. The second-order valence-electron chi connectivity index (χ2n) is 10.1. The van der Waals surface area contributed by atoms with Gasteiger partial charge in [0, 0.05) is 18.4 Å². The highest BCUT2D eigenvalue weighted by Crippen LogP contribution is 2.30. The summed E-state index contributed by atoms with van der Waals surface area (Å²) in [6.07, 6.45) is 17.2. The molecule has 1 aliphatic heterocycles. The lowest BCUT2D eigenvalue weighted by atomic mass is 10.1. The van der Waals surface area contributed by atoms with Crippen LogP contribution in [0.1, 0.15) is 89.5 Å². The van der Waals surface area contributed by atoms with Crippen LogP contribution in [0.2, 0.25) is 0 Å². The molecule has 0 spiro atoms. The standard InChI is InChI=1S/C32H45FN2O3S/c1-2-3-4-5-6-7-8-9-10-11-12-15-22-37-32-28(33)18-16-20-30(32)38-25-31(36)34-29-19-14-13-17-27(29)24-35-21-23-39-26-35/h13-14,16-21,23H,2-12,15,22,24-26H2,1H3,(H,34,36). The van der Waals surface area contributed by atoms with Gasteiger partial charge in [-0.15, -0.1) is 11.8 Å². The van der Waals surface area contributed by atoms with Crippen molar-refractivity contribution in [2.24, 2.45) is 0 Å². The molecule has 39 heavy (non-hydrogen) atoms. The number of benzene rings is 2. The fraction of sp³-hybridized carbons (Fsp3) is 0.531. The van der Waals surface area contributed by atoms with E-state index in [2.05, 4.69) is 28.7 Å². The smallest absolute Gasteiger partial charge is 0.262 e. The maximum atomic E-state index is 14.5. The molecule has 0 fully saturated rings. The van der Waals surface area contributed by atoms with Crippen LogP contribution < -0.4 is 14.8 Å². The van der Waals surface area contributed by atoms with E-state index in [1.54, 1.807) is 23.9 Å². The Hall–Kier alpha value is -2.67. The molecule has 3 rings (SSSR count). The number of rotatable bonds is 20. The average molecular weight is 557 g/mol. The SMILES string of the molecule is CCCCCCCCCCCCCCOc1c(F)cccc1OCC(=O)Nc1ccccc1CN1C=CSC1. The minimum Gasteiger partial charge on any atom is -0.487 e. The van der Waals surface area contributed by atoms with Gasteiger partial charge in [0.05, 0.1) is 12.5 Å². The summed E-state index contributed by atoms with van der Waals surface area (Å²) in [5.41, 5.74) is 1.77. The molecule has 0 atom stereocenters. The number of unbranched alkanes of at least 4 members (excludes halogenated alkanes) is 11. The third-order valence-corrected chi connectivity index (χ3v) is 7.60. The molecule has 1 aliphatic rings. The fourth-order valence-corrected chi connectivity index (χ4v) is 5.31. The number of ether oxygens (including phenoxy) is 2. The highest BCUT2D eigenvalue weighted by molar-refractivity contribution is 8.02. The molecule has 5 nitrogen and oxygen atoms in total. The number of para-hydroxylation sites is 2. The Morgan fingerprint density at radius 1 is 0.897 bits per heavy atom. The number of amides is 1. The second-order valence-corrected chi connectivity index (χ2v) is 11.0. The normalized spacial score (nSPS) is 12.6. The molecule has 0 saturated carbocycles. The molecule has 2 aromatic carbocycles. The largest absolute Gasteiger partial charge is 0.487 e. The predicted molar refractivity (Wildman–Crippen MR) is 161 cm³/mol. The Kier molecular flexibility index (Phi) is 14.7. The van der Waals surface area contributed by atoms with Crippen LogP contribution in [0.15, 0.2) is 54.1 Å². The number of nitrogens with zero attached hydrogens (tertiary/aromatic N) is 1. The van der Waals surface area contributed by atoms with Gasteiger partial charge >= 0.3 is 0 Å². The van der Waals surface area contributed by atoms with Crippen molar-refractivity contribution in [1.29, 1.82) is 0 Å². The van der Waals surface area contributed by atoms with Crippen LogP contribution >= 0.6 is 11.8 Å². The van der Waals surface area contributed by atoms with Gasteiger partial charge in [-0.05, 0) is 35.6 Å². The van der Waals surface area contributed by atoms with E-state index in [9.17, 15) is 9.18 Å². The highest BCUT2D eigenvalue weighted by Gasteiger charge is 2.15. The number of nitrogens with one attached hydrogen (secondary N) is 1. The summed E-state index contributed by atoms with van der Waals surface area (Å²) >= 11 is 1.74. The first-order valence-corrected chi connectivity index (χ1v) is 15.7. The van der Waals surface area contributed by atoms with Crippen molar-refractivity contribution in [2.45, 2.75) is 90.5 Å². The van der Waals surface area contributed by atoms with Crippen molar-refractivity contribution in [3.05, 3.63) is 65.5 Å². The molecule has 0 aromatic heterocycles. The Balaban J connectivity index is 1.34. The Morgan fingerprint density at radius 2 is 1.59 bits per heavy atom. The van der Waals surface area contributed by atoms with E-state index in [0.29, 0.717) is 13.2 Å². The van der Waals surface area contributed by atoms with E-state index >= 15 is 0 Å². The molecule has 1 amide bonds. The molecule has 0 radical (unpaired) electrons. The van der Waals surface area contributed by atoms with Crippen LogP contribution in [0.3, 0.4) is 0 Å². The van der Waals surface area contributed by atoms with Crippen LogP contribution in [0, 0.1) is 5.82 Å². The van der Waals surface area contributed by atoms with Crippen molar-refractivity contribution < 1.29 is 18.7 Å². The van der Waals surface area contributed by atoms with Crippen molar-refractivity contribution in [3.8, 4) is 11.5 Å². The van der Waals surface area contributed by atoms with Crippen molar-refractivity contribution >= 4 is 23.4 Å². The van der Waals surface area contributed by atoms with Crippen molar-refractivity contribution in [1.82, 2.24) is 4.90 Å². The first-order valence-electron chi connectivity index (χ1n) is 14.6. The van der Waals surface area contributed by atoms with Gasteiger partial charge in [0.25, 0.3) is 5.91 Å². The Bertz CT molecular complexity index is 1020. The van der Waals surface area contributed by atoms with Gasteiger partial charge in [-0.1, -0.05) is 102 Å². The van der Waals surface area contributed by atoms with E-state index in [-0.39, 0.29) is 24.0 Å².